The number of aromatic nitrogens is 3. The number of nitrogens with zero attached hydrogens (tertiary/aromatic N) is 3. The lowest BCUT2D eigenvalue weighted by Gasteiger charge is -2.13. The molecule has 0 spiro atoms. The molecular formula is C16H19F3N4OS. The quantitative estimate of drug-likeness (QED) is 0.747. The molecule has 0 bridgehead atoms. The number of amides is 1. The van der Waals surface area contributed by atoms with Crippen molar-refractivity contribution in [3.05, 3.63) is 35.7 Å². The predicted molar refractivity (Wildman–Crippen MR) is 90.5 cm³/mol. The summed E-state index contributed by atoms with van der Waals surface area (Å²) in [5, 5.41) is 11.1. The zero-order valence-electron chi connectivity index (χ0n) is 13.9. The Morgan fingerprint density at radius 2 is 1.96 bits per heavy atom. The Bertz CT molecular complexity index is 730. The maximum Gasteiger partial charge on any atom is 0.418 e. The van der Waals surface area contributed by atoms with Crippen LogP contribution in [0.5, 0.6) is 0 Å². The van der Waals surface area contributed by atoms with E-state index in [1.54, 1.807) is 0 Å². The number of alkyl halides is 3. The van der Waals surface area contributed by atoms with Crippen LogP contribution in [0, 0.1) is 0 Å². The molecule has 0 atom stereocenters. The van der Waals surface area contributed by atoms with Gasteiger partial charge in [0.15, 0.2) is 5.16 Å². The first-order chi connectivity index (χ1) is 11.9. The molecule has 1 amide bonds. The number of aryl methyl sites for hydroxylation is 1. The van der Waals surface area contributed by atoms with Crippen molar-refractivity contribution in [2.45, 2.75) is 44.6 Å². The van der Waals surface area contributed by atoms with Crippen molar-refractivity contribution in [3.63, 3.8) is 0 Å². The molecule has 0 aliphatic heterocycles. The minimum Gasteiger partial charge on any atom is -0.325 e. The van der Waals surface area contributed by atoms with Crippen molar-refractivity contribution >= 4 is 23.4 Å². The van der Waals surface area contributed by atoms with Gasteiger partial charge in [-0.25, -0.2) is 0 Å². The summed E-state index contributed by atoms with van der Waals surface area (Å²) in [5.74, 6) is 0.274. The molecular weight excluding hydrogens is 353 g/mol. The standard InChI is InChI=1S/C16H19F3N4OS/c1-3-7-13-21-22-15(23(13)4-2)25-10-14(24)20-12-9-6-5-8-11(12)16(17,18)19/h5-6,8-9H,3-4,7,10H2,1-2H3,(H,20,24). The fourth-order valence-corrected chi connectivity index (χ4v) is 3.13. The number of thioether (sulfide) groups is 1. The lowest BCUT2D eigenvalue weighted by Crippen LogP contribution is -2.18. The Labute approximate surface area is 148 Å². The number of carbonyl (C=O) groups excluding carboxylic acids is 1. The van der Waals surface area contributed by atoms with E-state index in [4.69, 9.17) is 0 Å². The Hall–Kier alpha value is -2.03. The molecule has 25 heavy (non-hydrogen) atoms. The largest absolute Gasteiger partial charge is 0.418 e. The number of nitrogens with one attached hydrogen (secondary N) is 1. The second-order valence-corrected chi connectivity index (χ2v) is 6.22. The molecule has 0 aliphatic carbocycles. The van der Waals surface area contributed by atoms with Crippen LogP contribution in [0.1, 0.15) is 31.7 Å². The Morgan fingerprint density at radius 1 is 1.24 bits per heavy atom. The average molecular weight is 372 g/mol. The summed E-state index contributed by atoms with van der Waals surface area (Å²) in [4.78, 5) is 12.0. The number of anilines is 1. The Kier molecular flexibility index (Phi) is 6.46. The van der Waals surface area contributed by atoms with Crippen LogP contribution in [-0.4, -0.2) is 26.4 Å². The minimum atomic E-state index is -4.52. The fraction of sp³-hybridized carbons (Fsp3) is 0.438. The van der Waals surface area contributed by atoms with Crippen molar-refractivity contribution in [2.75, 3.05) is 11.1 Å². The van der Waals surface area contributed by atoms with E-state index in [9.17, 15) is 18.0 Å². The minimum absolute atomic E-state index is 0.0452. The number of benzene rings is 1. The molecule has 0 saturated heterocycles. The SMILES string of the molecule is CCCc1nnc(SCC(=O)Nc2ccccc2C(F)(F)F)n1CC. The molecule has 1 aromatic heterocycles. The number of hydrogen-bond donors (Lipinski definition) is 1. The summed E-state index contributed by atoms with van der Waals surface area (Å²) in [7, 11) is 0. The third-order valence-electron chi connectivity index (χ3n) is 3.42. The lowest BCUT2D eigenvalue weighted by atomic mass is 10.1. The van der Waals surface area contributed by atoms with Gasteiger partial charge in [0.05, 0.1) is 17.0 Å². The number of halogens is 3. The lowest BCUT2D eigenvalue weighted by molar-refractivity contribution is -0.137. The number of carbonyl (C=O) groups is 1. The van der Waals surface area contributed by atoms with Crippen LogP contribution in [0.15, 0.2) is 29.4 Å². The van der Waals surface area contributed by atoms with Crippen molar-refractivity contribution in [1.82, 2.24) is 14.8 Å². The summed E-state index contributed by atoms with van der Waals surface area (Å²) in [6.07, 6.45) is -2.81. The molecule has 0 unspecified atom stereocenters. The van der Waals surface area contributed by atoms with E-state index in [0.29, 0.717) is 11.7 Å². The van der Waals surface area contributed by atoms with Crippen molar-refractivity contribution in [2.24, 2.45) is 0 Å². The highest BCUT2D eigenvalue weighted by atomic mass is 32.2. The van der Waals surface area contributed by atoms with Crippen molar-refractivity contribution in [1.29, 1.82) is 0 Å². The van der Waals surface area contributed by atoms with E-state index in [0.717, 1.165) is 36.5 Å². The van der Waals surface area contributed by atoms with Crippen LogP contribution in [0.25, 0.3) is 0 Å². The zero-order chi connectivity index (χ0) is 18.4. The molecule has 0 radical (unpaired) electrons. The normalized spacial score (nSPS) is 11.6. The number of hydrogen-bond acceptors (Lipinski definition) is 4. The van der Waals surface area contributed by atoms with Crippen molar-refractivity contribution < 1.29 is 18.0 Å². The second kappa shape index (κ2) is 8.37. The molecule has 2 rings (SSSR count). The predicted octanol–water partition coefficient (Wildman–Crippen LogP) is 4.00. The Morgan fingerprint density at radius 3 is 2.60 bits per heavy atom. The highest BCUT2D eigenvalue weighted by molar-refractivity contribution is 7.99. The van der Waals surface area contributed by atoms with Crippen LogP contribution < -0.4 is 5.32 Å². The number of rotatable bonds is 7. The van der Waals surface area contributed by atoms with E-state index in [1.165, 1.54) is 18.2 Å². The zero-order valence-corrected chi connectivity index (χ0v) is 14.7. The molecule has 0 saturated carbocycles. The second-order valence-electron chi connectivity index (χ2n) is 5.27. The third kappa shape index (κ3) is 4.97. The van der Waals surface area contributed by atoms with E-state index < -0.39 is 17.6 Å². The van der Waals surface area contributed by atoms with Gasteiger partial charge in [-0.3, -0.25) is 4.79 Å². The third-order valence-corrected chi connectivity index (χ3v) is 4.39. The topological polar surface area (TPSA) is 59.8 Å². The molecule has 0 fully saturated rings. The van der Waals surface area contributed by atoms with Crippen LogP contribution in [0.2, 0.25) is 0 Å². The molecule has 136 valence electrons. The van der Waals surface area contributed by atoms with E-state index in [2.05, 4.69) is 15.5 Å². The van der Waals surface area contributed by atoms with Crippen LogP contribution >= 0.6 is 11.8 Å². The van der Waals surface area contributed by atoms with E-state index in [-0.39, 0.29) is 11.4 Å². The Balaban J connectivity index is 2.03. The first-order valence-electron chi connectivity index (χ1n) is 7.87. The first-order valence-corrected chi connectivity index (χ1v) is 8.86. The fourth-order valence-electron chi connectivity index (χ4n) is 2.31. The van der Waals surface area contributed by atoms with Gasteiger partial charge >= 0.3 is 6.18 Å². The van der Waals surface area contributed by atoms with Gasteiger partial charge in [-0.1, -0.05) is 30.8 Å². The van der Waals surface area contributed by atoms with E-state index >= 15 is 0 Å². The number of para-hydroxylation sites is 1. The smallest absolute Gasteiger partial charge is 0.325 e. The summed E-state index contributed by atoms with van der Waals surface area (Å²) in [6, 6.07) is 4.90. The van der Waals surface area contributed by atoms with Gasteiger partial charge < -0.3 is 9.88 Å². The van der Waals surface area contributed by atoms with Crippen LogP contribution in [0.3, 0.4) is 0 Å². The van der Waals surface area contributed by atoms with Crippen LogP contribution in [0.4, 0.5) is 18.9 Å². The summed E-state index contributed by atoms with van der Waals surface area (Å²) in [6.45, 7) is 4.66. The maximum atomic E-state index is 12.9. The molecule has 1 N–H and O–H groups in total. The van der Waals surface area contributed by atoms with Gasteiger partial charge in [-0.05, 0) is 25.5 Å². The van der Waals surface area contributed by atoms with Gasteiger partial charge in [-0.2, -0.15) is 13.2 Å². The summed E-state index contributed by atoms with van der Waals surface area (Å²) >= 11 is 1.16. The van der Waals surface area contributed by atoms with Crippen LogP contribution in [-0.2, 0) is 23.9 Å². The monoisotopic (exact) mass is 372 g/mol. The molecule has 1 aromatic carbocycles. The summed E-state index contributed by atoms with van der Waals surface area (Å²) in [5.41, 5.74) is -1.11. The molecule has 0 aliphatic rings. The molecule has 2 aromatic rings. The van der Waals surface area contributed by atoms with Gasteiger partial charge in [-0.15, -0.1) is 10.2 Å². The van der Waals surface area contributed by atoms with Gasteiger partial charge in [0.2, 0.25) is 5.91 Å². The van der Waals surface area contributed by atoms with Gasteiger partial charge in [0.25, 0.3) is 0 Å². The molecule has 5 nitrogen and oxygen atoms in total. The van der Waals surface area contributed by atoms with E-state index in [1.807, 2.05) is 18.4 Å². The maximum absolute atomic E-state index is 12.9. The molecule has 1 heterocycles. The molecule has 9 heteroatoms. The highest BCUT2D eigenvalue weighted by Crippen LogP contribution is 2.34. The summed E-state index contributed by atoms with van der Waals surface area (Å²) < 4.78 is 40.7. The highest BCUT2D eigenvalue weighted by Gasteiger charge is 2.33. The van der Waals surface area contributed by atoms with Gasteiger partial charge in [0.1, 0.15) is 5.82 Å². The average Bonchev–Trinajstić information content (AvgIpc) is 2.94. The van der Waals surface area contributed by atoms with Crippen molar-refractivity contribution in [3.8, 4) is 0 Å². The van der Waals surface area contributed by atoms with Gasteiger partial charge in [0, 0.05) is 13.0 Å². The first kappa shape index (κ1) is 19.3.